The number of rotatable bonds is 2. The number of benzene rings is 1. The van der Waals surface area contributed by atoms with Crippen molar-refractivity contribution in [3.63, 3.8) is 0 Å². The number of halogens is 2. The molecule has 82 valence electrons. The summed E-state index contributed by atoms with van der Waals surface area (Å²) in [5, 5.41) is 9.63. The average Bonchev–Trinajstić information content (AvgIpc) is 2.11. The zero-order valence-electron chi connectivity index (χ0n) is 8.21. The highest BCUT2D eigenvalue weighted by Gasteiger charge is 2.28. The van der Waals surface area contributed by atoms with Gasteiger partial charge in [0.15, 0.2) is 11.6 Å². The lowest BCUT2D eigenvalue weighted by Crippen LogP contribution is -2.27. The van der Waals surface area contributed by atoms with Crippen molar-refractivity contribution in [2.45, 2.75) is 25.3 Å². The van der Waals surface area contributed by atoms with Crippen LogP contribution in [-0.2, 0) is 0 Å². The van der Waals surface area contributed by atoms with E-state index in [1.165, 1.54) is 6.42 Å². The van der Waals surface area contributed by atoms with Gasteiger partial charge >= 0.3 is 0 Å². The first-order valence-electron chi connectivity index (χ1n) is 5.03. The van der Waals surface area contributed by atoms with Gasteiger partial charge < -0.3 is 10.8 Å². The Morgan fingerprint density at radius 3 is 2.67 bits per heavy atom. The van der Waals surface area contributed by atoms with Gasteiger partial charge in [-0.3, -0.25) is 0 Å². The van der Waals surface area contributed by atoms with Crippen molar-refractivity contribution < 1.29 is 9.50 Å². The van der Waals surface area contributed by atoms with Gasteiger partial charge in [-0.15, -0.1) is 0 Å². The molecule has 0 heterocycles. The summed E-state index contributed by atoms with van der Waals surface area (Å²) in [5.41, 5.74) is 6.49. The first kappa shape index (κ1) is 10.9. The van der Waals surface area contributed by atoms with E-state index in [9.17, 15) is 9.50 Å². The third kappa shape index (κ3) is 1.88. The van der Waals surface area contributed by atoms with Gasteiger partial charge in [-0.05, 0) is 40.8 Å². The maximum atomic E-state index is 13.4. The Morgan fingerprint density at radius 2 is 2.13 bits per heavy atom. The van der Waals surface area contributed by atoms with Crippen LogP contribution >= 0.6 is 15.9 Å². The van der Waals surface area contributed by atoms with Crippen LogP contribution < -0.4 is 5.73 Å². The largest absolute Gasteiger partial charge is 0.505 e. The Morgan fingerprint density at radius 1 is 1.47 bits per heavy atom. The summed E-state index contributed by atoms with van der Waals surface area (Å²) in [6.45, 7) is 0. The van der Waals surface area contributed by atoms with E-state index in [0.29, 0.717) is 11.5 Å². The van der Waals surface area contributed by atoms with Crippen LogP contribution in [0.1, 0.15) is 30.9 Å². The van der Waals surface area contributed by atoms with Crippen molar-refractivity contribution in [2.75, 3.05) is 0 Å². The van der Waals surface area contributed by atoms with Crippen molar-refractivity contribution in [3.8, 4) is 5.75 Å². The molecule has 0 bridgehead atoms. The van der Waals surface area contributed by atoms with E-state index in [2.05, 4.69) is 15.9 Å². The molecule has 1 aromatic carbocycles. The van der Waals surface area contributed by atoms with Crippen LogP contribution in [0.3, 0.4) is 0 Å². The molecule has 0 aromatic heterocycles. The molecule has 0 radical (unpaired) electrons. The minimum absolute atomic E-state index is 0.249. The molecular weight excluding hydrogens is 261 g/mol. The molecule has 0 unspecified atom stereocenters. The molecule has 0 saturated heterocycles. The fourth-order valence-corrected chi connectivity index (χ4v) is 2.20. The fraction of sp³-hybridized carbons (Fsp3) is 0.455. The minimum Gasteiger partial charge on any atom is -0.505 e. The minimum atomic E-state index is -0.623. The lowest BCUT2D eigenvalue weighted by Gasteiger charge is -2.31. The smallest absolute Gasteiger partial charge is 0.179 e. The number of aromatic hydroxyl groups is 1. The lowest BCUT2D eigenvalue weighted by atomic mass is 9.77. The molecule has 0 aliphatic heterocycles. The number of nitrogens with two attached hydrogens (primary N) is 1. The number of hydrogen-bond acceptors (Lipinski definition) is 2. The van der Waals surface area contributed by atoms with Crippen LogP contribution in [-0.4, -0.2) is 5.11 Å². The molecule has 2 nitrogen and oxygen atoms in total. The molecule has 1 aliphatic carbocycles. The van der Waals surface area contributed by atoms with Crippen LogP contribution in [0.15, 0.2) is 16.6 Å². The summed E-state index contributed by atoms with van der Waals surface area (Å²) in [4.78, 5) is 0. The summed E-state index contributed by atoms with van der Waals surface area (Å²) in [6.07, 6.45) is 3.31. The standard InChI is InChI=1S/C11H13BrFNO/c12-8-5-4-7(11(15)9(8)13)10(14)6-2-1-3-6/h4-6,10,15H,1-3,14H2/t10-/m0/s1. The van der Waals surface area contributed by atoms with Crippen molar-refractivity contribution >= 4 is 15.9 Å². The highest BCUT2D eigenvalue weighted by atomic mass is 79.9. The Labute approximate surface area is 96.4 Å². The van der Waals surface area contributed by atoms with E-state index in [1.807, 2.05) is 0 Å². The monoisotopic (exact) mass is 273 g/mol. The predicted molar refractivity (Wildman–Crippen MR) is 60.0 cm³/mol. The summed E-state index contributed by atoms with van der Waals surface area (Å²) < 4.78 is 13.7. The first-order chi connectivity index (χ1) is 7.11. The maximum Gasteiger partial charge on any atom is 0.179 e. The van der Waals surface area contributed by atoms with Crippen molar-refractivity contribution in [1.29, 1.82) is 0 Å². The van der Waals surface area contributed by atoms with Gasteiger partial charge in [0, 0.05) is 11.6 Å². The van der Waals surface area contributed by atoms with Crippen molar-refractivity contribution in [2.24, 2.45) is 11.7 Å². The van der Waals surface area contributed by atoms with Gasteiger partial charge in [0.25, 0.3) is 0 Å². The zero-order chi connectivity index (χ0) is 11.0. The van der Waals surface area contributed by atoms with E-state index in [-0.39, 0.29) is 16.3 Å². The molecule has 0 amide bonds. The van der Waals surface area contributed by atoms with E-state index in [0.717, 1.165) is 12.8 Å². The maximum absolute atomic E-state index is 13.4. The second-order valence-electron chi connectivity index (χ2n) is 4.02. The van der Waals surface area contributed by atoms with Gasteiger partial charge in [0.1, 0.15) is 0 Å². The number of phenolic OH excluding ortho intramolecular Hbond substituents is 1. The molecule has 0 spiro atoms. The summed E-state index contributed by atoms with van der Waals surface area (Å²) in [5.74, 6) is -0.553. The molecule has 1 aliphatic rings. The SMILES string of the molecule is N[C@H](c1ccc(Br)c(F)c1O)C1CCC1. The molecule has 2 rings (SSSR count). The quantitative estimate of drug-likeness (QED) is 0.870. The van der Waals surface area contributed by atoms with Gasteiger partial charge in [-0.2, -0.15) is 0 Å². The summed E-state index contributed by atoms with van der Waals surface area (Å²) in [6, 6.07) is 3.02. The second kappa shape index (κ2) is 4.10. The fourth-order valence-electron chi connectivity index (χ4n) is 1.88. The van der Waals surface area contributed by atoms with Crippen LogP contribution in [0.5, 0.6) is 5.75 Å². The average molecular weight is 274 g/mol. The van der Waals surface area contributed by atoms with Gasteiger partial charge in [0.05, 0.1) is 4.47 Å². The van der Waals surface area contributed by atoms with Crippen molar-refractivity contribution in [1.82, 2.24) is 0 Å². The van der Waals surface area contributed by atoms with E-state index < -0.39 is 5.82 Å². The molecule has 3 N–H and O–H groups in total. The predicted octanol–water partition coefficient (Wildman–Crippen LogP) is 3.09. The van der Waals surface area contributed by atoms with E-state index in [1.54, 1.807) is 12.1 Å². The molecule has 15 heavy (non-hydrogen) atoms. The summed E-state index contributed by atoms with van der Waals surface area (Å²) in [7, 11) is 0. The highest BCUT2D eigenvalue weighted by molar-refractivity contribution is 9.10. The van der Waals surface area contributed by atoms with Gasteiger partial charge in [-0.1, -0.05) is 12.5 Å². The van der Waals surface area contributed by atoms with Crippen molar-refractivity contribution in [3.05, 3.63) is 28.0 Å². The van der Waals surface area contributed by atoms with Gasteiger partial charge in [-0.25, -0.2) is 4.39 Å². The normalized spacial score (nSPS) is 18.6. The van der Waals surface area contributed by atoms with Crippen LogP contribution in [0.25, 0.3) is 0 Å². The molecule has 4 heteroatoms. The molecule has 1 saturated carbocycles. The number of phenols is 1. The Bertz CT molecular complexity index is 379. The Hall–Kier alpha value is -0.610. The third-order valence-electron chi connectivity index (χ3n) is 3.12. The van der Waals surface area contributed by atoms with Gasteiger partial charge in [0.2, 0.25) is 0 Å². The van der Waals surface area contributed by atoms with E-state index >= 15 is 0 Å². The highest BCUT2D eigenvalue weighted by Crippen LogP contribution is 2.40. The lowest BCUT2D eigenvalue weighted by molar-refractivity contribution is 0.259. The Balaban J connectivity index is 2.31. The number of hydrogen-bond donors (Lipinski definition) is 2. The van der Waals surface area contributed by atoms with E-state index in [4.69, 9.17) is 5.73 Å². The molecule has 1 fully saturated rings. The molecule has 1 atom stereocenters. The van der Waals surface area contributed by atoms with Crippen LogP contribution in [0.2, 0.25) is 0 Å². The summed E-state index contributed by atoms with van der Waals surface area (Å²) >= 11 is 3.02. The Kier molecular flexibility index (Phi) is 2.98. The first-order valence-corrected chi connectivity index (χ1v) is 5.83. The second-order valence-corrected chi connectivity index (χ2v) is 4.87. The molecule has 1 aromatic rings. The molecular formula is C11H13BrFNO. The van der Waals surface area contributed by atoms with Crippen LogP contribution in [0, 0.1) is 11.7 Å². The zero-order valence-corrected chi connectivity index (χ0v) is 9.80. The van der Waals surface area contributed by atoms with Crippen LogP contribution in [0.4, 0.5) is 4.39 Å². The third-order valence-corrected chi connectivity index (χ3v) is 3.73. The topological polar surface area (TPSA) is 46.2 Å².